The monoisotopic (exact) mass is 327 g/mol. The second-order valence-corrected chi connectivity index (χ2v) is 5.66. The van der Waals surface area contributed by atoms with Gasteiger partial charge in [-0.1, -0.05) is 18.2 Å². The number of ether oxygens (including phenoxy) is 2. The molecule has 0 bridgehead atoms. The Balaban J connectivity index is 1.80. The van der Waals surface area contributed by atoms with Crippen LogP contribution in [0.25, 0.3) is 0 Å². The van der Waals surface area contributed by atoms with E-state index in [0.29, 0.717) is 18.9 Å². The molecule has 2 rings (SSSR count). The molecule has 0 aliphatic rings. The summed E-state index contributed by atoms with van der Waals surface area (Å²) in [5, 5.41) is 3.26. The van der Waals surface area contributed by atoms with Crippen molar-refractivity contribution in [1.82, 2.24) is 0 Å². The van der Waals surface area contributed by atoms with Crippen LogP contribution in [0.4, 0.5) is 5.69 Å². The summed E-state index contributed by atoms with van der Waals surface area (Å²) in [7, 11) is 1.63. The first-order valence-electron chi connectivity index (χ1n) is 7.97. The minimum Gasteiger partial charge on any atom is -0.497 e. The molecule has 128 valence electrons. The molecule has 0 aromatic heterocycles. The van der Waals surface area contributed by atoms with Gasteiger partial charge in [0.05, 0.1) is 20.2 Å². The zero-order chi connectivity index (χ0) is 17.4. The maximum Gasteiger partial charge on any atom is 0.123 e. The summed E-state index contributed by atoms with van der Waals surface area (Å²) >= 11 is 0. The maximum absolute atomic E-state index is 5.96. The summed E-state index contributed by atoms with van der Waals surface area (Å²) in [6.07, 6.45) is -0.0744. The van der Waals surface area contributed by atoms with Gasteiger partial charge in [-0.3, -0.25) is 4.99 Å². The number of rotatable bonds is 8. The molecule has 0 saturated heterocycles. The third kappa shape index (κ3) is 5.83. The molecule has 0 fully saturated rings. The van der Waals surface area contributed by atoms with E-state index >= 15 is 0 Å². The van der Waals surface area contributed by atoms with Crippen molar-refractivity contribution >= 4 is 11.5 Å². The van der Waals surface area contributed by atoms with Crippen LogP contribution >= 0.6 is 0 Å². The van der Waals surface area contributed by atoms with E-state index in [-0.39, 0.29) is 6.10 Å². The standard InChI is InChI=1S/C19H25N3O2/c1-14-6-4-7-16(10-14)21-13-19(20)22-12-15(2)24-18-9-5-8-17(11-18)23-3/h4-11,15,21H,12-13H2,1-3H3,(H2,20,22). The second kappa shape index (κ2) is 8.82. The van der Waals surface area contributed by atoms with Crippen LogP contribution in [-0.2, 0) is 0 Å². The summed E-state index contributed by atoms with van der Waals surface area (Å²) in [6.45, 7) is 5.03. The average Bonchev–Trinajstić information content (AvgIpc) is 2.58. The number of amidine groups is 1. The predicted octanol–water partition coefficient (Wildman–Crippen LogP) is 3.24. The summed E-state index contributed by atoms with van der Waals surface area (Å²) in [5.74, 6) is 2.08. The lowest BCUT2D eigenvalue weighted by Crippen LogP contribution is -2.25. The van der Waals surface area contributed by atoms with Gasteiger partial charge in [-0.05, 0) is 43.7 Å². The highest BCUT2D eigenvalue weighted by molar-refractivity contribution is 5.84. The van der Waals surface area contributed by atoms with Gasteiger partial charge < -0.3 is 20.5 Å². The molecule has 0 aliphatic heterocycles. The number of aryl methyl sites for hydroxylation is 1. The first kappa shape index (κ1) is 17.7. The number of hydrogen-bond donors (Lipinski definition) is 2. The normalized spacial score (nSPS) is 12.5. The van der Waals surface area contributed by atoms with Crippen LogP contribution < -0.4 is 20.5 Å². The number of nitrogens with zero attached hydrogens (tertiary/aromatic N) is 1. The summed E-state index contributed by atoms with van der Waals surface area (Å²) in [5.41, 5.74) is 8.20. The van der Waals surface area contributed by atoms with Crippen LogP contribution in [0.2, 0.25) is 0 Å². The maximum atomic E-state index is 5.96. The predicted molar refractivity (Wildman–Crippen MR) is 99.2 cm³/mol. The van der Waals surface area contributed by atoms with Crippen LogP contribution in [0.3, 0.4) is 0 Å². The van der Waals surface area contributed by atoms with E-state index in [9.17, 15) is 0 Å². The minimum absolute atomic E-state index is 0.0744. The Hall–Kier alpha value is -2.69. The lowest BCUT2D eigenvalue weighted by Gasteiger charge is -2.14. The van der Waals surface area contributed by atoms with Crippen molar-refractivity contribution in [3.8, 4) is 11.5 Å². The van der Waals surface area contributed by atoms with Crippen molar-refractivity contribution in [2.24, 2.45) is 10.7 Å². The minimum atomic E-state index is -0.0744. The Kier molecular flexibility index (Phi) is 6.49. The van der Waals surface area contributed by atoms with Gasteiger partial charge in [0, 0.05) is 11.8 Å². The molecule has 1 atom stereocenters. The summed E-state index contributed by atoms with van der Waals surface area (Å²) < 4.78 is 11.0. The Morgan fingerprint density at radius 1 is 1.17 bits per heavy atom. The van der Waals surface area contributed by atoms with Crippen LogP contribution in [0.15, 0.2) is 53.5 Å². The van der Waals surface area contributed by atoms with E-state index in [1.54, 1.807) is 7.11 Å². The summed E-state index contributed by atoms with van der Waals surface area (Å²) in [4.78, 5) is 4.38. The number of nitrogens with two attached hydrogens (primary N) is 1. The van der Waals surface area contributed by atoms with Crippen molar-refractivity contribution in [2.45, 2.75) is 20.0 Å². The molecule has 1 unspecified atom stereocenters. The molecule has 0 saturated carbocycles. The summed E-state index contributed by atoms with van der Waals surface area (Å²) in [6, 6.07) is 15.7. The van der Waals surface area contributed by atoms with E-state index in [1.807, 2.05) is 43.3 Å². The Labute approximate surface area is 143 Å². The molecule has 24 heavy (non-hydrogen) atoms. The molecular weight excluding hydrogens is 302 g/mol. The molecule has 0 amide bonds. The number of aliphatic imine (C=N–C) groups is 1. The topological polar surface area (TPSA) is 68.9 Å². The van der Waals surface area contributed by atoms with Crippen LogP contribution in [0.1, 0.15) is 12.5 Å². The first-order chi connectivity index (χ1) is 11.6. The lowest BCUT2D eigenvalue weighted by atomic mass is 10.2. The zero-order valence-electron chi connectivity index (χ0n) is 14.5. The molecule has 0 aliphatic carbocycles. The Morgan fingerprint density at radius 2 is 1.92 bits per heavy atom. The van der Waals surface area contributed by atoms with Crippen molar-refractivity contribution in [1.29, 1.82) is 0 Å². The van der Waals surface area contributed by atoms with E-state index in [2.05, 4.69) is 29.4 Å². The number of anilines is 1. The van der Waals surface area contributed by atoms with Gasteiger partial charge in [-0.2, -0.15) is 0 Å². The lowest BCUT2D eigenvalue weighted by molar-refractivity contribution is 0.229. The highest BCUT2D eigenvalue weighted by Crippen LogP contribution is 2.19. The van der Waals surface area contributed by atoms with E-state index in [4.69, 9.17) is 15.2 Å². The fourth-order valence-electron chi connectivity index (χ4n) is 2.19. The SMILES string of the molecule is COc1cccc(OC(C)CN=C(N)CNc2cccc(C)c2)c1. The van der Waals surface area contributed by atoms with Crippen LogP contribution in [0.5, 0.6) is 11.5 Å². The van der Waals surface area contributed by atoms with Crippen molar-refractivity contribution in [3.05, 3.63) is 54.1 Å². The van der Waals surface area contributed by atoms with Crippen LogP contribution in [-0.4, -0.2) is 32.1 Å². The van der Waals surface area contributed by atoms with E-state index < -0.39 is 0 Å². The number of benzene rings is 2. The molecule has 0 heterocycles. The molecule has 0 radical (unpaired) electrons. The highest BCUT2D eigenvalue weighted by atomic mass is 16.5. The van der Waals surface area contributed by atoms with Gasteiger partial charge in [0.25, 0.3) is 0 Å². The van der Waals surface area contributed by atoms with E-state index in [0.717, 1.165) is 17.2 Å². The van der Waals surface area contributed by atoms with Gasteiger partial charge in [-0.15, -0.1) is 0 Å². The quantitative estimate of drug-likeness (QED) is 0.577. The van der Waals surface area contributed by atoms with Gasteiger partial charge in [0.15, 0.2) is 0 Å². The van der Waals surface area contributed by atoms with Gasteiger partial charge in [-0.25, -0.2) is 0 Å². The van der Waals surface area contributed by atoms with E-state index in [1.165, 1.54) is 5.56 Å². The third-order valence-corrected chi connectivity index (χ3v) is 3.42. The molecule has 2 aromatic rings. The van der Waals surface area contributed by atoms with Gasteiger partial charge >= 0.3 is 0 Å². The van der Waals surface area contributed by atoms with Gasteiger partial charge in [0.2, 0.25) is 0 Å². The molecule has 3 N–H and O–H groups in total. The van der Waals surface area contributed by atoms with Crippen LogP contribution in [0, 0.1) is 6.92 Å². The van der Waals surface area contributed by atoms with Crippen molar-refractivity contribution < 1.29 is 9.47 Å². The van der Waals surface area contributed by atoms with Gasteiger partial charge in [0.1, 0.15) is 23.4 Å². The third-order valence-electron chi connectivity index (χ3n) is 3.42. The molecule has 5 nitrogen and oxygen atoms in total. The molecule has 5 heteroatoms. The molecule has 2 aromatic carbocycles. The Bertz CT molecular complexity index is 686. The number of hydrogen-bond acceptors (Lipinski definition) is 4. The fourth-order valence-corrected chi connectivity index (χ4v) is 2.19. The number of methoxy groups -OCH3 is 1. The van der Waals surface area contributed by atoms with Crippen molar-refractivity contribution in [3.63, 3.8) is 0 Å². The largest absolute Gasteiger partial charge is 0.497 e. The highest BCUT2D eigenvalue weighted by Gasteiger charge is 2.05. The Morgan fingerprint density at radius 3 is 2.67 bits per heavy atom. The zero-order valence-corrected chi connectivity index (χ0v) is 14.5. The van der Waals surface area contributed by atoms with Crippen molar-refractivity contribution in [2.75, 3.05) is 25.5 Å². The second-order valence-electron chi connectivity index (χ2n) is 5.66. The fraction of sp³-hybridized carbons (Fsp3) is 0.316. The molecule has 0 spiro atoms. The smallest absolute Gasteiger partial charge is 0.123 e. The first-order valence-corrected chi connectivity index (χ1v) is 7.97. The average molecular weight is 327 g/mol. The number of nitrogens with one attached hydrogen (secondary N) is 1. The molecular formula is C19H25N3O2.